The molecule has 0 aliphatic heterocycles. The van der Waals surface area contributed by atoms with Crippen LogP contribution in [0.2, 0.25) is 0 Å². The summed E-state index contributed by atoms with van der Waals surface area (Å²) < 4.78 is 0. The van der Waals surface area contributed by atoms with E-state index < -0.39 is 12.0 Å². The van der Waals surface area contributed by atoms with Crippen LogP contribution in [0.5, 0.6) is 0 Å². The minimum Gasteiger partial charge on any atom is -0.480 e. The molecule has 1 aliphatic rings. The zero-order chi connectivity index (χ0) is 14.3. The summed E-state index contributed by atoms with van der Waals surface area (Å²) in [6.45, 7) is 1.96. The standard InChI is InChI=1S/C13H22N2O4/c1-2-10(13(18)19)15-11(16)7-8-14-12(17)9-5-3-4-6-9/h9-10H,2-8H2,1H3,(H,14,17)(H,15,16)(H,18,19)/t10-/m0/s1. The van der Waals surface area contributed by atoms with Crippen molar-refractivity contribution in [3.8, 4) is 0 Å². The van der Waals surface area contributed by atoms with Crippen LogP contribution in [0.25, 0.3) is 0 Å². The van der Waals surface area contributed by atoms with E-state index in [4.69, 9.17) is 5.11 Å². The lowest BCUT2D eigenvalue weighted by molar-refractivity contribution is -0.142. The molecule has 1 aliphatic carbocycles. The number of amides is 2. The van der Waals surface area contributed by atoms with Gasteiger partial charge in [-0.05, 0) is 19.3 Å². The number of aliphatic carboxylic acids is 1. The minimum atomic E-state index is -1.04. The Morgan fingerprint density at radius 2 is 1.89 bits per heavy atom. The molecule has 19 heavy (non-hydrogen) atoms. The van der Waals surface area contributed by atoms with Gasteiger partial charge in [0.25, 0.3) is 0 Å². The molecule has 0 aromatic carbocycles. The van der Waals surface area contributed by atoms with E-state index in [1.165, 1.54) is 0 Å². The lowest BCUT2D eigenvalue weighted by Crippen LogP contribution is -2.41. The highest BCUT2D eigenvalue weighted by atomic mass is 16.4. The maximum absolute atomic E-state index is 11.7. The van der Waals surface area contributed by atoms with Crippen LogP contribution in [0.15, 0.2) is 0 Å². The molecule has 1 rings (SSSR count). The smallest absolute Gasteiger partial charge is 0.326 e. The van der Waals surface area contributed by atoms with Crippen molar-refractivity contribution in [3.05, 3.63) is 0 Å². The molecule has 0 spiro atoms. The van der Waals surface area contributed by atoms with Crippen molar-refractivity contribution >= 4 is 17.8 Å². The maximum atomic E-state index is 11.7. The van der Waals surface area contributed by atoms with E-state index in [-0.39, 0.29) is 30.7 Å². The Morgan fingerprint density at radius 3 is 2.42 bits per heavy atom. The van der Waals surface area contributed by atoms with Gasteiger partial charge in [0.1, 0.15) is 6.04 Å². The quantitative estimate of drug-likeness (QED) is 0.633. The van der Waals surface area contributed by atoms with Crippen LogP contribution in [-0.2, 0) is 14.4 Å². The molecule has 0 radical (unpaired) electrons. The fraction of sp³-hybridized carbons (Fsp3) is 0.769. The van der Waals surface area contributed by atoms with Gasteiger partial charge in [0, 0.05) is 18.9 Å². The summed E-state index contributed by atoms with van der Waals surface area (Å²) >= 11 is 0. The molecule has 2 amide bonds. The van der Waals surface area contributed by atoms with E-state index in [1.54, 1.807) is 6.92 Å². The Hall–Kier alpha value is -1.59. The predicted molar refractivity (Wildman–Crippen MR) is 69.4 cm³/mol. The number of carboxylic acid groups (broad SMARTS) is 1. The summed E-state index contributed by atoms with van der Waals surface area (Å²) in [5, 5.41) is 13.9. The summed E-state index contributed by atoms with van der Waals surface area (Å²) in [7, 11) is 0. The third-order valence-corrected chi connectivity index (χ3v) is 3.42. The van der Waals surface area contributed by atoms with Crippen LogP contribution in [0, 0.1) is 5.92 Å². The van der Waals surface area contributed by atoms with Gasteiger partial charge in [-0.3, -0.25) is 9.59 Å². The second-order valence-electron chi connectivity index (χ2n) is 4.89. The van der Waals surface area contributed by atoms with Crippen LogP contribution < -0.4 is 10.6 Å². The minimum absolute atomic E-state index is 0.00979. The zero-order valence-electron chi connectivity index (χ0n) is 11.3. The first kappa shape index (κ1) is 15.5. The Labute approximate surface area is 112 Å². The average Bonchev–Trinajstić information content (AvgIpc) is 2.89. The van der Waals surface area contributed by atoms with Crippen LogP contribution in [0.3, 0.4) is 0 Å². The first-order chi connectivity index (χ1) is 9.04. The van der Waals surface area contributed by atoms with E-state index in [9.17, 15) is 14.4 Å². The predicted octanol–water partition coefficient (Wildman–Crippen LogP) is 0.662. The number of carbonyl (C=O) groups excluding carboxylic acids is 2. The molecular formula is C13H22N2O4. The molecule has 108 valence electrons. The van der Waals surface area contributed by atoms with Gasteiger partial charge < -0.3 is 15.7 Å². The van der Waals surface area contributed by atoms with Crippen molar-refractivity contribution in [3.63, 3.8) is 0 Å². The molecule has 1 atom stereocenters. The Balaban J connectivity index is 2.19. The average molecular weight is 270 g/mol. The lowest BCUT2D eigenvalue weighted by atomic mass is 10.1. The van der Waals surface area contributed by atoms with Crippen LogP contribution in [0.1, 0.15) is 45.4 Å². The summed E-state index contributed by atoms with van der Waals surface area (Å²) in [4.78, 5) is 33.9. The third-order valence-electron chi connectivity index (χ3n) is 3.42. The first-order valence-electron chi connectivity index (χ1n) is 6.84. The van der Waals surface area contributed by atoms with Gasteiger partial charge in [0.05, 0.1) is 0 Å². The molecule has 0 heterocycles. The van der Waals surface area contributed by atoms with Crippen molar-refractivity contribution in [2.24, 2.45) is 5.92 Å². The molecule has 0 bridgehead atoms. The summed E-state index contributed by atoms with van der Waals surface area (Å²) in [5.74, 6) is -1.28. The summed E-state index contributed by atoms with van der Waals surface area (Å²) in [5.41, 5.74) is 0. The molecule has 0 aromatic heterocycles. The largest absolute Gasteiger partial charge is 0.480 e. The van der Waals surface area contributed by atoms with E-state index in [1.807, 2.05) is 0 Å². The van der Waals surface area contributed by atoms with Gasteiger partial charge in [-0.1, -0.05) is 19.8 Å². The van der Waals surface area contributed by atoms with E-state index in [0.29, 0.717) is 6.42 Å². The number of hydrogen-bond acceptors (Lipinski definition) is 3. The van der Waals surface area contributed by atoms with Crippen LogP contribution in [0.4, 0.5) is 0 Å². The fourth-order valence-electron chi connectivity index (χ4n) is 2.24. The molecule has 1 saturated carbocycles. The molecule has 6 nitrogen and oxygen atoms in total. The Bertz CT molecular complexity index is 338. The topological polar surface area (TPSA) is 95.5 Å². The summed E-state index contributed by atoms with van der Waals surface area (Å²) in [6, 6.07) is -0.849. The molecule has 0 saturated heterocycles. The Kier molecular flexibility index (Phi) is 6.32. The van der Waals surface area contributed by atoms with Crippen molar-refractivity contribution < 1.29 is 19.5 Å². The third kappa shape index (κ3) is 5.28. The van der Waals surface area contributed by atoms with E-state index in [2.05, 4.69) is 10.6 Å². The molecule has 1 fully saturated rings. The molecule has 3 N–H and O–H groups in total. The SMILES string of the molecule is CC[C@H](NC(=O)CCNC(=O)C1CCCC1)C(=O)O. The van der Waals surface area contributed by atoms with Crippen molar-refractivity contribution in [2.75, 3.05) is 6.54 Å². The van der Waals surface area contributed by atoms with Crippen LogP contribution >= 0.6 is 0 Å². The normalized spacial score (nSPS) is 16.9. The second kappa shape index (κ2) is 7.76. The van der Waals surface area contributed by atoms with E-state index in [0.717, 1.165) is 25.7 Å². The van der Waals surface area contributed by atoms with Gasteiger partial charge >= 0.3 is 5.97 Å². The fourth-order valence-corrected chi connectivity index (χ4v) is 2.24. The van der Waals surface area contributed by atoms with E-state index >= 15 is 0 Å². The van der Waals surface area contributed by atoms with Gasteiger partial charge in [-0.2, -0.15) is 0 Å². The maximum Gasteiger partial charge on any atom is 0.326 e. The molecule has 0 unspecified atom stereocenters. The van der Waals surface area contributed by atoms with Crippen molar-refractivity contribution in [1.29, 1.82) is 0 Å². The number of rotatable bonds is 7. The molecule has 0 aromatic rings. The lowest BCUT2D eigenvalue weighted by Gasteiger charge is -2.13. The van der Waals surface area contributed by atoms with Crippen LogP contribution in [-0.4, -0.2) is 35.5 Å². The molecule has 6 heteroatoms. The number of hydrogen-bond donors (Lipinski definition) is 3. The monoisotopic (exact) mass is 270 g/mol. The Morgan fingerprint density at radius 1 is 1.26 bits per heavy atom. The highest BCUT2D eigenvalue weighted by Crippen LogP contribution is 2.24. The zero-order valence-corrected chi connectivity index (χ0v) is 11.3. The summed E-state index contributed by atoms with van der Waals surface area (Å²) in [6.07, 6.45) is 4.49. The van der Waals surface area contributed by atoms with Crippen molar-refractivity contribution in [2.45, 2.75) is 51.5 Å². The van der Waals surface area contributed by atoms with Gasteiger partial charge in [-0.25, -0.2) is 4.79 Å². The molecular weight excluding hydrogens is 248 g/mol. The highest BCUT2D eigenvalue weighted by Gasteiger charge is 2.22. The van der Waals surface area contributed by atoms with Crippen molar-refractivity contribution in [1.82, 2.24) is 10.6 Å². The number of carboxylic acids is 1. The number of carbonyl (C=O) groups is 3. The highest BCUT2D eigenvalue weighted by molar-refractivity contribution is 5.84. The van der Waals surface area contributed by atoms with Gasteiger partial charge in [-0.15, -0.1) is 0 Å². The van der Waals surface area contributed by atoms with Gasteiger partial charge in [0.15, 0.2) is 0 Å². The number of nitrogens with one attached hydrogen (secondary N) is 2. The second-order valence-corrected chi connectivity index (χ2v) is 4.89. The van der Waals surface area contributed by atoms with Gasteiger partial charge in [0.2, 0.25) is 11.8 Å². The first-order valence-corrected chi connectivity index (χ1v) is 6.84.